The fraction of sp³-hybridized carbons (Fsp3) is 0.400. The van der Waals surface area contributed by atoms with Gasteiger partial charge in [0.05, 0.1) is 6.61 Å². The molecule has 0 heterocycles. The van der Waals surface area contributed by atoms with Gasteiger partial charge in [-0.25, -0.2) is 0 Å². The third-order valence-corrected chi connectivity index (χ3v) is 1.78. The quantitative estimate of drug-likeness (QED) is 0.742. The highest BCUT2D eigenvalue weighted by Gasteiger charge is 2.04. The molecule has 0 amide bonds. The Morgan fingerprint density at radius 2 is 1.77 bits per heavy atom. The standard InChI is InChI=1S/C10H14O3/c1-7-5-9(12)6-8(2)10(7)13-4-3-11/h5-6,11-12H,3-4H2,1-2H3. The summed E-state index contributed by atoms with van der Waals surface area (Å²) >= 11 is 0. The predicted octanol–water partition coefficient (Wildman–Crippen LogP) is 1.38. The third-order valence-electron chi connectivity index (χ3n) is 1.78. The van der Waals surface area contributed by atoms with Gasteiger partial charge in [-0.2, -0.15) is 0 Å². The number of phenols is 1. The Balaban J connectivity index is 2.92. The van der Waals surface area contributed by atoms with E-state index in [4.69, 9.17) is 9.84 Å². The summed E-state index contributed by atoms with van der Waals surface area (Å²) in [7, 11) is 0. The van der Waals surface area contributed by atoms with Crippen molar-refractivity contribution in [1.82, 2.24) is 0 Å². The van der Waals surface area contributed by atoms with Gasteiger partial charge in [0.2, 0.25) is 0 Å². The number of aliphatic hydroxyl groups excluding tert-OH is 1. The number of hydrogen-bond donors (Lipinski definition) is 2. The van der Waals surface area contributed by atoms with Crippen molar-refractivity contribution in [3.63, 3.8) is 0 Å². The van der Waals surface area contributed by atoms with Crippen LogP contribution in [-0.4, -0.2) is 23.4 Å². The van der Waals surface area contributed by atoms with Crippen LogP contribution in [0.15, 0.2) is 12.1 Å². The van der Waals surface area contributed by atoms with E-state index in [0.717, 1.165) is 16.9 Å². The highest BCUT2D eigenvalue weighted by molar-refractivity contribution is 5.45. The van der Waals surface area contributed by atoms with Crippen LogP contribution in [0.5, 0.6) is 11.5 Å². The van der Waals surface area contributed by atoms with Crippen LogP contribution in [0.2, 0.25) is 0 Å². The second kappa shape index (κ2) is 4.14. The van der Waals surface area contributed by atoms with Gasteiger partial charge in [0.15, 0.2) is 0 Å². The lowest BCUT2D eigenvalue weighted by Gasteiger charge is -2.11. The summed E-state index contributed by atoms with van der Waals surface area (Å²) in [6.07, 6.45) is 0. The zero-order valence-corrected chi connectivity index (χ0v) is 7.87. The van der Waals surface area contributed by atoms with Crippen molar-refractivity contribution in [3.8, 4) is 11.5 Å². The lowest BCUT2D eigenvalue weighted by molar-refractivity contribution is 0.200. The average Bonchev–Trinajstić information content (AvgIpc) is 2.02. The molecule has 0 radical (unpaired) electrons. The van der Waals surface area contributed by atoms with Gasteiger partial charge in [-0.3, -0.25) is 0 Å². The molecule has 0 bridgehead atoms. The van der Waals surface area contributed by atoms with Crippen molar-refractivity contribution in [2.24, 2.45) is 0 Å². The molecule has 3 nitrogen and oxygen atoms in total. The molecule has 1 rings (SSSR count). The minimum atomic E-state index is -0.000242. The van der Waals surface area contributed by atoms with E-state index in [-0.39, 0.29) is 19.0 Å². The van der Waals surface area contributed by atoms with E-state index in [0.29, 0.717) is 0 Å². The first kappa shape index (κ1) is 9.86. The molecule has 72 valence electrons. The van der Waals surface area contributed by atoms with Crippen LogP contribution in [0, 0.1) is 13.8 Å². The fourth-order valence-electron chi connectivity index (χ4n) is 1.30. The highest BCUT2D eigenvalue weighted by Crippen LogP contribution is 2.27. The molecule has 0 spiro atoms. The topological polar surface area (TPSA) is 49.7 Å². The molecule has 1 aromatic rings. The molecule has 0 saturated heterocycles. The molecular weight excluding hydrogens is 168 g/mol. The molecule has 1 aromatic carbocycles. The van der Waals surface area contributed by atoms with E-state index in [9.17, 15) is 5.11 Å². The SMILES string of the molecule is Cc1cc(O)cc(C)c1OCCO. The van der Waals surface area contributed by atoms with Crippen molar-refractivity contribution >= 4 is 0 Å². The van der Waals surface area contributed by atoms with Gasteiger partial charge < -0.3 is 14.9 Å². The molecule has 0 saturated carbocycles. The molecular formula is C10H14O3. The summed E-state index contributed by atoms with van der Waals surface area (Å²) in [5, 5.41) is 17.8. The second-order valence-corrected chi connectivity index (χ2v) is 2.98. The molecule has 0 aliphatic heterocycles. The van der Waals surface area contributed by atoms with Gasteiger partial charge >= 0.3 is 0 Å². The highest BCUT2D eigenvalue weighted by atomic mass is 16.5. The van der Waals surface area contributed by atoms with Crippen LogP contribution >= 0.6 is 0 Å². The van der Waals surface area contributed by atoms with Crippen LogP contribution < -0.4 is 4.74 Å². The second-order valence-electron chi connectivity index (χ2n) is 2.98. The Bertz CT molecular complexity index is 271. The number of aryl methyl sites for hydroxylation is 2. The lowest BCUT2D eigenvalue weighted by Crippen LogP contribution is -2.04. The summed E-state index contributed by atoms with van der Waals surface area (Å²) in [4.78, 5) is 0. The van der Waals surface area contributed by atoms with Gasteiger partial charge in [0.25, 0.3) is 0 Å². The summed E-state index contributed by atoms with van der Waals surface area (Å²) in [5.74, 6) is 0.984. The summed E-state index contributed by atoms with van der Waals surface area (Å²) in [6.45, 7) is 4.01. The van der Waals surface area contributed by atoms with E-state index < -0.39 is 0 Å². The maximum atomic E-state index is 9.24. The molecule has 0 fully saturated rings. The third kappa shape index (κ3) is 2.36. The minimum absolute atomic E-state index is 0.000242. The Morgan fingerprint density at radius 1 is 1.23 bits per heavy atom. The smallest absolute Gasteiger partial charge is 0.125 e. The Hall–Kier alpha value is -1.22. The zero-order valence-electron chi connectivity index (χ0n) is 7.87. The molecule has 2 N–H and O–H groups in total. The largest absolute Gasteiger partial charge is 0.508 e. The number of phenolic OH excluding ortho intramolecular Hbond substituents is 1. The van der Waals surface area contributed by atoms with Crippen LogP contribution in [0.25, 0.3) is 0 Å². The minimum Gasteiger partial charge on any atom is -0.508 e. The predicted molar refractivity (Wildman–Crippen MR) is 50.2 cm³/mol. The van der Waals surface area contributed by atoms with Crippen LogP contribution in [0.3, 0.4) is 0 Å². The molecule has 0 aromatic heterocycles. The van der Waals surface area contributed by atoms with E-state index >= 15 is 0 Å². The van der Waals surface area contributed by atoms with Crippen molar-refractivity contribution in [3.05, 3.63) is 23.3 Å². The lowest BCUT2D eigenvalue weighted by atomic mass is 10.1. The first-order chi connectivity index (χ1) is 6.15. The average molecular weight is 182 g/mol. The van der Waals surface area contributed by atoms with Crippen molar-refractivity contribution in [1.29, 1.82) is 0 Å². The number of aliphatic hydroxyl groups is 1. The van der Waals surface area contributed by atoms with E-state index in [2.05, 4.69) is 0 Å². The van der Waals surface area contributed by atoms with Crippen LogP contribution in [-0.2, 0) is 0 Å². The molecule has 0 aliphatic carbocycles. The Kier molecular flexibility index (Phi) is 3.14. The van der Waals surface area contributed by atoms with Gasteiger partial charge in [-0.05, 0) is 37.1 Å². The molecule has 0 unspecified atom stereocenters. The van der Waals surface area contributed by atoms with Crippen molar-refractivity contribution in [2.75, 3.05) is 13.2 Å². The number of ether oxygens (including phenoxy) is 1. The number of benzene rings is 1. The first-order valence-corrected chi connectivity index (χ1v) is 4.19. The molecule has 13 heavy (non-hydrogen) atoms. The van der Waals surface area contributed by atoms with Crippen molar-refractivity contribution < 1.29 is 14.9 Å². The number of rotatable bonds is 3. The molecule has 0 aliphatic rings. The molecule has 0 atom stereocenters. The first-order valence-electron chi connectivity index (χ1n) is 4.19. The number of hydrogen-bond acceptors (Lipinski definition) is 3. The monoisotopic (exact) mass is 182 g/mol. The van der Waals surface area contributed by atoms with Crippen molar-refractivity contribution in [2.45, 2.75) is 13.8 Å². The van der Waals surface area contributed by atoms with E-state index in [1.165, 1.54) is 0 Å². The van der Waals surface area contributed by atoms with Gasteiger partial charge in [-0.15, -0.1) is 0 Å². The van der Waals surface area contributed by atoms with Crippen LogP contribution in [0.4, 0.5) is 0 Å². The fourth-order valence-corrected chi connectivity index (χ4v) is 1.30. The Morgan fingerprint density at radius 3 is 2.23 bits per heavy atom. The summed E-state index contributed by atoms with van der Waals surface area (Å²) < 4.78 is 5.31. The normalized spacial score (nSPS) is 10.1. The van der Waals surface area contributed by atoms with Crippen LogP contribution in [0.1, 0.15) is 11.1 Å². The Labute approximate surface area is 77.6 Å². The molecule has 3 heteroatoms. The van der Waals surface area contributed by atoms with E-state index in [1.807, 2.05) is 13.8 Å². The van der Waals surface area contributed by atoms with Gasteiger partial charge in [-0.1, -0.05) is 0 Å². The van der Waals surface area contributed by atoms with Gasteiger partial charge in [0.1, 0.15) is 18.1 Å². The maximum absolute atomic E-state index is 9.24. The zero-order chi connectivity index (χ0) is 9.84. The van der Waals surface area contributed by atoms with Gasteiger partial charge in [0, 0.05) is 0 Å². The maximum Gasteiger partial charge on any atom is 0.125 e. The van der Waals surface area contributed by atoms with E-state index in [1.54, 1.807) is 12.1 Å². The number of aromatic hydroxyl groups is 1. The summed E-state index contributed by atoms with van der Waals surface area (Å²) in [5.41, 5.74) is 1.76. The summed E-state index contributed by atoms with van der Waals surface area (Å²) in [6, 6.07) is 3.28.